The zero-order valence-electron chi connectivity index (χ0n) is 14.3. The molecule has 0 saturated heterocycles. The Kier molecular flexibility index (Phi) is 4.82. The number of carbonyl (C=O) groups excluding carboxylic acids is 3. The molecule has 24 heavy (non-hydrogen) atoms. The van der Waals surface area contributed by atoms with Crippen LogP contribution in [0.1, 0.15) is 38.7 Å². The van der Waals surface area contributed by atoms with E-state index in [-0.39, 0.29) is 12.3 Å². The predicted octanol–water partition coefficient (Wildman–Crippen LogP) is 1.83. The summed E-state index contributed by atoms with van der Waals surface area (Å²) < 4.78 is 5.27. The summed E-state index contributed by atoms with van der Waals surface area (Å²) in [7, 11) is 1.45. The summed E-state index contributed by atoms with van der Waals surface area (Å²) in [5, 5.41) is 2.77. The average molecular weight is 333 g/mol. The van der Waals surface area contributed by atoms with Crippen LogP contribution in [0.4, 0.5) is 10.5 Å². The molecule has 7 heteroatoms. The molecular formula is C17H23N3O4. The largest absolute Gasteiger partial charge is 0.444 e. The third-order valence-electron chi connectivity index (χ3n) is 3.85. The predicted molar refractivity (Wildman–Crippen MR) is 89.4 cm³/mol. The molecule has 1 aromatic rings. The number of amides is 3. The van der Waals surface area contributed by atoms with Gasteiger partial charge in [0.05, 0.1) is 5.92 Å². The van der Waals surface area contributed by atoms with Crippen LogP contribution in [0.5, 0.6) is 0 Å². The van der Waals surface area contributed by atoms with Gasteiger partial charge >= 0.3 is 6.09 Å². The lowest BCUT2D eigenvalue weighted by Crippen LogP contribution is -2.48. The highest BCUT2D eigenvalue weighted by Crippen LogP contribution is 2.35. The Morgan fingerprint density at radius 2 is 1.96 bits per heavy atom. The SMILES string of the molecule is CN(C(=O)OC(C)(C)C)[C@@H](C[C@H]1C(=O)Nc2ccccc21)C(N)=O. The first-order valence-electron chi connectivity index (χ1n) is 7.75. The molecule has 0 fully saturated rings. The summed E-state index contributed by atoms with van der Waals surface area (Å²) in [6.07, 6.45) is -0.550. The van der Waals surface area contributed by atoms with Gasteiger partial charge in [-0.2, -0.15) is 0 Å². The van der Waals surface area contributed by atoms with Crippen molar-refractivity contribution in [3.05, 3.63) is 29.8 Å². The number of hydrogen-bond acceptors (Lipinski definition) is 4. The number of para-hydroxylation sites is 1. The Labute approximate surface area is 141 Å². The molecule has 7 nitrogen and oxygen atoms in total. The molecule has 3 N–H and O–H groups in total. The van der Waals surface area contributed by atoms with Crippen LogP contribution in [0, 0.1) is 0 Å². The molecule has 1 aromatic carbocycles. The number of anilines is 1. The standard InChI is InChI=1S/C17H23N3O4/c1-17(2,3)24-16(23)20(4)13(14(18)21)9-11-10-7-5-6-8-12(10)19-15(11)22/h5-8,11,13H,9H2,1-4H3,(H2,18,21)(H,19,22)/t11-,13+/m1/s1. The summed E-state index contributed by atoms with van der Waals surface area (Å²) in [6.45, 7) is 5.20. The van der Waals surface area contributed by atoms with Crippen LogP contribution in [0.15, 0.2) is 24.3 Å². The van der Waals surface area contributed by atoms with E-state index in [0.717, 1.165) is 16.2 Å². The molecule has 1 aliphatic heterocycles. The van der Waals surface area contributed by atoms with Crippen molar-refractivity contribution in [2.45, 2.75) is 44.8 Å². The molecule has 3 amide bonds. The minimum Gasteiger partial charge on any atom is -0.444 e. The van der Waals surface area contributed by atoms with Gasteiger partial charge in [0, 0.05) is 12.7 Å². The molecule has 1 heterocycles. The second-order valence-corrected chi connectivity index (χ2v) is 6.87. The van der Waals surface area contributed by atoms with Gasteiger partial charge < -0.3 is 15.8 Å². The highest BCUT2D eigenvalue weighted by Gasteiger charge is 2.37. The minimum absolute atomic E-state index is 0.105. The van der Waals surface area contributed by atoms with Gasteiger partial charge in [-0.25, -0.2) is 4.79 Å². The van der Waals surface area contributed by atoms with Crippen LogP contribution < -0.4 is 11.1 Å². The molecule has 0 unspecified atom stereocenters. The van der Waals surface area contributed by atoms with Crippen molar-refractivity contribution in [3.63, 3.8) is 0 Å². The highest BCUT2D eigenvalue weighted by molar-refractivity contribution is 6.03. The lowest BCUT2D eigenvalue weighted by atomic mass is 9.92. The molecular weight excluding hydrogens is 310 g/mol. The van der Waals surface area contributed by atoms with E-state index in [0.29, 0.717) is 0 Å². The quantitative estimate of drug-likeness (QED) is 0.877. The van der Waals surface area contributed by atoms with Gasteiger partial charge in [-0.15, -0.1) is 0 Å². The molecule has 2 atom stereocenters. The number of benzene rings is 1. The fraction of sp³-hybridized carbons (Fsp3) is 0.471. The number of hydrogen-bond donors (Lipinski definition) is 2. The summed E-state index contributed by atoms with van der Waals surface area (Å²) in [5.74, 6) is -1.43. The Morgan fingerprint density at radius 3 is 2.54 bits per heavy atom. The van der Waals surface area contributed by atoms with Crippen LogP contribution in [0.25, 0.3) is 0 Å². The first-order valence-corrected chi connectivity index (χ1v) is 7.75. The van der Waals surface area contributed by atoms with E-state index in [1.807, 2.05) is 18.2 Å². The fourth-order valence-electron chi connectivity index (χ4n) is 2.66. The average Bonchev–Trinajstić information content (AvgIpc) is 2.77. The normalized spacial score (nSPS) is 17.7. The molecule has 130 valence electrons. The van der Waals surface area contributed by atoms with Gasteiger partial charge in [-0.3, -0.25) is 14.5 Å². The topological polar surface area (TPSA) is 102 Å². The number of primary amides is 1. The Balaban J connectivity index is 2.19. The fourth-order valence-corrected chi connectivity index (χ4v) is 2.66. The van der Waals surface area contributed by atoms with Gasteiger partial charge in [0.25, 0.3) is 0 Å². The summed E-state index contributed by atoms with van der Waals surface area (Å²) in [6, 6.07) is 6.32. The summed E-state index contributed by atoms with van der Waals surface area (Å²) in [4.78, 5) is 37.4. The summed E-state index contributed by atoms with van der Waals surface area (Å²) >= 11 is 0. The second kappa shape index (κ2) is 6.51. The Hall–Kier alpha value is -2.57. The maximum absolute atomic E-state index is 12.2. The van der Waals surface area contributed by atoms with Gasteiger partial charge in [-0.05, 0) is 38.8 Å². The molecule has 2 rings (SSSR count). The Bertz CT molecular complexity index is 666. The third-order valence-corrected chi connectivity index (χ3v) is 3.85. The first-order chi connectivity index (χ1) is 11.1. The first kappa shape index (κ1) is 17.8. The molecule has 0 bridgehead atoms. The molecule has 0 aliphatic carbocycles. The molecule has 1 aliphatic rings. The van der Waals surface area contributed by atoms with E-state index in [1.165, 1.54) is 7.05 Å². The van der Waals surface area contributed by atoms with Gasteiger partial charge in [0.2, 0.25) is 11.8 Å². The van der Waals surface area contributed by atoms with Crippen LogP contribution in [0.2, 0.25) is 0 Å². The molecule has 0 saturated carbocycles. The minimum atomic E-state index is -0.943. The molecule has 0 radical (unpaired) electrons. The van der Waals surface area contributed by atoms with Crippen LogP contribution >= 0.6 is 0 Å². The number of nitrogens with one attached hydrogen (secondary N) is 1. The number of nitrogens with zero attached hydrogens (tertiary/aromatic N) is 1. The number of carbonyl (C=O) groups is 3. The third kappa shape index (κ3) is 3.84. The van der Waals surface area contributed by atoms with E-state index in [9.17, 15) is 14.4 Å². The van der Waals surface area contributed by atoms with Crippen molar-refractivity contribution in [3.8, 4) is 0 Å². The van der Waals surface area contributed by atoms with E-state index >= 15 is 0 Å². The van der Waals surface area contributed by atoms with Gasteiger partial charge in [0.1, 0.15) is 11.6 Å². The zero-order valence-corrected chi connectivity index (χ0v) is 14.3. The van der Waals surface area contributed by atoms with Crippen molar-refractivity contribution in [2.75, 3.05) is 12.4 Å². The lowest BCUT2D eigenvalue weighted by Gasteiger charge is -2.30. The van der Waals surface area contributed by atoms with Crippen LogP contribution in [-0.4, -0.2) is 41.5 Å². The number of rotatable bonds is 4. The number of nitrogens with two attached hydrogens (primary N) is 1. The van der Waals surface area contributed by atoms with E-state index in [1.54, 1.807) is 26.8 Å². The number of ether oxygens (including phenoxy) is 1. The van der Waals surface area contributed by atoms with Crippen molar-refractivity contribution < 1.29 is 19.1 Å². The zero-order chi connectivity index (χ0) is 18.1. The van der Waals surface area contributed by atoms with Crippen molar-refractivity contribution in [2.24, 2.45) is 5.73 Å². The molecule has 0 aromatic heterocycles. The maximum atomic E-state index is 12.2. The van der Waals surface area contributed by atoms with E-state index in [4.69, 9.17) is 10.5 Å². The lowest BCUT2D eigenvalue weighted by molar-refractivity contribution is -0.123. The van der Waals surface area contributed by atoms with Gasteiger partial charge in [0.15, 0.2) is 0 Å². The van der Waals surface area contributed by atoms with Crippen molar-refractivity contribution in [1.82, 2.24) is 4.90 Å². The monoisotopic (exact) mass is 333 g/mol. The van der Waals surface area contributed by atoms with Gasteiger partial charge in [-0.1, -0.05) is 18.2 Å². The highest BCUT2D eigenvalue weighted by atomic mass is 16.6. The van der Waals surface area contributed by atoms with Crippen LogP contribution in [0.3, 0.4) is 0 Å². The maximum Gasteiger partial charge on any atom is 0.410 e. The van der Waals surface area contributed by atoms with Crippen LogP contribution in [-0.2, 0) is 14.3 Å². The summed E-state index contributed by atoms with van der Waals surface area (Å²) in [5.41, 5.74) is 6.29. The van der Waals surface area contributed by atoms with E-state index in [2.05, 4.69) is 5.32 Å². The number of fused-ring (bicyclic) bond motifs is 1. The van der Waals surface area contributed by atoms with Crippen molar-refractivity contribution in [1.29, 1.82) is 0 Å². The smallest absolute Gasteiger partial charge is 0.410 e. The number of likely N-dealkylation sites (N-methyl/N-ethyl adjacent to an activating group) is 1. The molecule has 0 spiro atoms. The second-order valence-electron chi connectivity index (χ2n) is 6.87. The van der Waals surface area contributed by atoms with Crippen molar-refractivity contribution >= 4 is 23.6 Å². The Morgan fingerprint density at radius 1 is 1.33 bits per heavy atom. The van der Waals surface area contributed by atoms with E-state index < -0.39 is 29.6 Å².